The first kappa shape index (κ1) is 18.7. The first-order valence-corrected chi connectivity index (χ1v) is 11.9. The van der Waals surface area contributed by atoms with Gasteiger partial charge in [-0.2, -0.15) is 0 Å². The van der Waals surface area contributed by atoms with Crippen molar-refractivity contribution in [3.63, 3.8) is 0 Å². The van der Waals surface area contributed by atoms with Crippen molar-refractivity contribution in [3.05, 3.63) is 84.9 Å². The van der Waals surface area contributed by atoms with Crippen molar-refractivity contribution in [2.45, 2.75) is 4.90 Å². The first-order chi connectivity index (χ1) is 14.2. The second-order valence-electron chi connectivity index (χ2n) is 6.59. The highest BCUT2D eigenvalue weighted by molar-refractivity contribution is 7.80. The molecule has 0 bridgehead atoms. The molecule has 0 amide bonds. The molecule has 3 aromatic heterocycles. The molecule has 0 aliphatic heterocycles. The van der Waals surface area contributed by atoms with Crippen LogP contribution in [-0.2, 0) is 0 Å². The van der Waals surface area contributed by atoms with E-state index in [1.807, 2.05) is 46.9 Å². The maximum atomic E-state index is 9.49. The predicted molar refractivity (Wildman–Crippen MR) is 131 cm³/mol. The van der Waals surface area contributed by atoms with Gasteiger partial charge < -0.3 is 5.11 Å². The molecular weight excluding hydrogens is 433 g/mol. The molecular formula is C24H16OS4. The minimum absolute atomic E-state index is 0.297. The summed E-state index contributed by atoms with van der Waals surface area (Å²) in [5.74, 6) is 0.297. The van der Waals surface area contributed by atoms with Crippen molar-refractivity contribution in [2.75, 3.05) is 0 Å². The van der Waals surface area contributed by atoms with Gasteiger partial charge in [0, 0.05) is 34.2 Å². The van der Waals surface area contributed by atoms with E-state index in [1.54, 1.807) is 23.5 Å². The lowest BCUT2D eigenvalue weighted by Gasteiger charge is -1.97. The van der Waals surface area contributed by atoms with Crippen LogP contribution in [0.1, 0.15) is 0 Å². The number of benzene rings is 2. The van der Waals surface area contributed by atoms with Crippen LogP contribution in [-0.4, -0.2) is 5.11 Å². The first-order valence-electron chi connectivity index (χ1n) is 9.05. The Morgan fingerprint density at radius 1 is 0.448 bits per heavy atom. The van der Waals surface area contributed by atoms with Crippen LogP contribution >= 0.6 is 46.6 Å². The fourth-order valence-corrected chi connectivity index (χ4v) is 6.46. The second-order valence-corrected chi connectivity index (χ2v) is 10.4. The summed E-state index contributed by atoms with van der Waals surface area (Å²) >= 11 is 9.80. The maximum Gasteiger partial charge on any atom is 0.115 e. The fourth-order valence-electron chi connectivity index (χ4n) is 3.11. The van der Waals surface area contributed by atoms with Gasteiger partial charge in [0.05, 0.1) is 0 Å². The van der Waals surface area contributed by atoms with E-state index in [0.29, 0.717) is 5.75 Å². The van der Waals surface area contributed by atoms with Gasteiger partial charge in [-0.15, -0.1) is 46.6 Å². The smallest absolute Gasteiger partial charge is 0.115 e. The van der Waals surface area contributed by atoms with E-state index >= 15 is 0 Å². The van der Waals surface area contributed by atoms with Gasteiger partial charge in [0.15, 0.2) is 0 Å². The summed E-state index contributed by atoms with van der Waals surface area (Å²) in [5.41, 5.74) is 2.36. The van der Waals surface area contributed by atoms with Crippen molar-refractivity contribution in [3.8, 4) is 46.1 Å². The molecule has 29 heavy (non-hydrogen) atoms. The topological polar surface area (TPSA) is 20.2 Å². The summed E-state index contributed by atoms with van der Waals surface area (Å²) in [7, 11) is 0. The molecule has 5 rings (SSSR count). The van der Waals surface area contributed by atoms with E-state index in [4.69, 9.17) is 0 Å². The molecule has 0 unspecified atom stereocenters. The van der Waals surface area contributed by atoms with Gasteiger partial charge in [0.1, 0.15) is 5.75 Å². The number of hydrogen-bond donors (Lipinski definition) is 2. The third-order valence-electron chi connectivity index (χ3n) is 4.61. The Morgan fingerprint density at radius 2 is 0.793 bits per heavy atom. The number of hydrogen-bond acceptors (Lipinski definition) is 5. The van der Waals surface area contributed by atoms with E-state index in [-0.39, 0.29) is 0 Å². The van der Waals surface area contributed by atoms with Gasteiger partial charge in [0.25, 0.3) is 0 Å². The van der Waals surface area contributed by atoms with E-state index in [0.717, 1.165) is 10.5 Å². The molecule has 5 aromatic rings. The second kappa shape index (κ2) is 7.84. The molecule has 0 saturated heterocycles. The van der Waals surface area contributed by atoms with Crippen LogP contribution in [0, 0.1) is 0 Å². The van der Waals surface area contributed by atoms with Crippen LogP contribution in [0.5, 0.6) is 5.75 Å². The Balaban J connectivity index is 1.40. The number of thiol groups is 1. The number of aromatic hydroxyl groups is 1. The molecule has 2 aromatic carbocycles. The summed E-state index contributed by atoms with van der Waals surface area (Å²) in [6, 6.07) is 28.8. The Hall–Kier alpha value is -2.31. The molecule has 0 spiro atoms. The van der Waals surface area contributed by atoms with E-state index < -0.39 is 0 Å². The molecule has 1 nitrogen and oxygen atoms in total. The largest absolute Gasteiger partial charge is 0.508 e. The number of thiophene rings is 3. The average molecular weight is 449 g/mol. The Bertz CT molecular complexity index is 1160. The van der Waals surface area contributed by atoms with Crippen LogP contribution in [0.2, 0.25) is 0 Å². The van der Waals surface area contributed by atoms with Crippen molar-refractivity contribution < 1.29 is 5.11 Å². The normalized spacial score (nSPS) is 11.1. The fraction of sp³-hybridized carbons (Fsp3) is 0. The van der Waals surface area contributed by atoms with Gasteiger partial charge in [-0.05, 0) is 83.9 Å². The number of phenolic OH excluding ortho intramolecular Hbond substituents is 1. The highest BCUT2D eigenvalue weighted by atomic mass is 32.1. The molecule has 3 heterocycles. The SMILES string of the molecule is Oc1ccc(-c2ccc(-c3ccc(-c4ccc(-c5ccc(S)cc5)s4)s3)s2)cc1. The molecule has 0 atom stereocenters. The van der Waals surface area contributed by atoms with Crippen LogP contribution in [0.3, 0.4) is 0 Å². The number of phenols is 1. The standard InChI is InChI=1S/C24H16OS4/c25-17-5-1-15(2-6-17)19-9-11-21(27-19)23-13-14-24(29-23)22-12-10-20(28-22)16-3-7-18(26)8-4-16/h1-14,25-26H. The molecule has 0 fully saturated rings. The zero-order valence-electron chi connectivity index (χ0n) is 15.2. The van der Waals surface area contributed by atoms with E-state index in [9.17, 15) is 5.11 Å². The zero-order chi connectivity index (χ0) is 19.8. The predicted octanol–water partition coefficient (Wildman–Crippen LogP) is 8.53. The minimum atomic E-state index is 0.297. The Kier molecular flexibility index (Phi) is 5.06. The lowest BCUT2D eigenvalue weighted by atomic mass is 10.2. The Morgan fingerprint density at radius 3 is 1.24 bits per heavy atom. The molecule has 1 N–H and O–H groups in total. The average Bonchev–Trinajstić information content (AvgIpc) is 3.48. The van der Waals surface area contributed by atoms with Crippen molar-refractivity contribution in [2.24, 2.45) is 0 Å². The summed E-state index contributed by atoms with van der Waals surface area (Å²) in [6.07, 6.45) is 0. The van der Waals surface area contributed by atoms with Crippen LogP contribution < -0.4 is 0 Å². The molecule has 5 heteroatoms. The van der Waals surface area contributed by atoms with Crippen LogP contribution in [0.15, 0.2) is 89.8 Å². The highest BCUT2D eigenvalue weighted by Gasteiger charge is 2.11. The lowest BCUT2D eigenvalue weighted by Crippen LogP contribution is -1.70. The third-order valence-corrected chi connectivity index (χ3v) is 8.65. The molecule has 0 saturated carbocycles. The monoisotopic (exact) mass is 448 g/mol. The summed E-state index contributed by atoms with van der Waals surface area (Å²) < 4.78 is 0. The lowest BCUT2D eigenvalue weighted by molar-refractivity contribution is 0.475. The van der Waals surface area contributed by atoms with Crippen molar-refractivity contribution in [1.29, 1.82) is 0 Å². The maximum absolute atomic E-state index is 9.49. The summed E-state index contributed by atoms with van der Waals surface area (Å²) in [5, 5.41) is 9.49. The molecule has 142 valence electrons. The molecule has 0 radical (unpaired) electrons. The van der Waals surface area contributed by atoms with Gasteiger partial charge >= 0.3 is 0 Å². The quantitative estimate of drug-likeness (QED) is 0.264. The third kappa shape index (κ3) is 3.91. The Labute approximate surface area is 187 Å². The molecule has 0 aliphatic carbocycles. The molecule has 0 aliphatic rings. The highest BCUT2D eigenvalue weighted by Crippen LogP contribution is 2.43. The van der Waals surface area contributed by atoms with Gasteiger partial charge in [-0.25, -0.2) is 0 Å². The van der Waals surface area contributed by atoms with Crippen LogP contribution in [0.4, 0.5) is 0 Å². The summed E-state index contributed by atoms with van der Waals surface area (Å²) in [4.78, 5) is 8.60. The van der Waals surface area contributed by atoms with Crippen molar-refractivity contribution in [1.82, 2.24) is 0 Å². The minimum Gasteiger partial charge on any atom is -0.508 e. The van der Waals surface area contributed by atoms with Gasteiger partial charge in [-0.1, -0.05) is 12.1 Å². The van der Waals surface area contributed by atoms with Crippen molar-refractivity contribution >= 4 is 46.6 Å². The van der Waals surface area contributed by atoms with E-state index in [1.165, 1.54) is 34.8 Å². The van der Waals surface area contributed by atoms with E-state index in [2.05, 4.69) is 61.2 Å². The zero-order valence-corrected chi connectivity index (χ0v) is 18.5. The van der Waals surface area contributed by atoms with Gasteiger partial charge in [0.2, 0.25) is 0 Å². The number of rotatable bonds is 4. The van der Waals surface area contributed by atoms with Crippen LogP contribution in [0.25, 0.3) is 40.4 Å². The summed E-state index contributed by atoms with van der Waals surface area (Å²) in [6.45, 7) is 0. The van der Waals surface area contributed by atoms with Gasteiger partial charge in [-0.3, -0.25) is 0 Å².